The van der Waals surface area contributed by atoms with Crippen LogP contribution in [-0.2, 0) is 4.79 Å². The summed E-state index contributed by atoms with van der Waals surface area (Å²) < 4.78 is 27.8. The number of rotatable bonds is 5. The number of alkyl halides is 2. The number of aromatic nitrogens is 2. The zero-order valence-electron chi connectivity index (χ0n) is 16.8. The number of fused-ring (bicyclic) bond motifs is 1. The average Bonchev–Trinajstić information content (AvgIpc) is 3.32. The van der Waals surface area contributed by atoms with Gasteiger partial charge in [-0.2, -0.15) is 0 Å². The molecule has 4 rings (SSSR count). The molecule has 0 aliphatic carbocycles. The maximum absolute atomic E-state index is 12.9. The average molecular weight is 445 g/mol. The molecular formula is C22H22F2N4O2S. The molecule has 1 atom stereocenters. The molecule has 0 bridgehead atoms. The van der Waals surface area contributed by atoms with Crippen LogP contribution in [0, 0.1) is 0 Å². The number of nitrogens with one attached hydrogen (secondary N) is 1. The molecule has 1 fully saturated rings. The number of anilines is 1. The van der Waals surface area contributed by atoms with Gasteiger partial charge in [0, 0.05) is 19.1 Å². The lowest BCUT2D eigenvalue weighted by Crippen LogP contribution is -2.30. The van der Waals surface area contributed by atoms with Gasteiger partial charge in [0.1, 0.15) is 0 Å². The summed E-state index contributed by atoms with van der Waals surface area (Å²) in [4.78, 5) is 31.2. The van der Waals surface area contributed by atoms with Crippen LogP contribution in [0.2, 0.25) is 0 Å². The van der Waals surface area contributed by atoms with Crippen LogP contribution in [0.25, 0.3) is 11.0 Å². The van der Waals surface area contributed by atoms with Gasteiger partial charge in [-0.1, -0.05) is 18.7 Å². The molecule has 1 N–H and O–H groups in total. The summed E-state index contributed by atoms with van der Waals surface area (Å²) in [6, 6.07) is 10.3. The minimum atomic E-state index is -2.61. The number of nitrogens with zero attached hydrogens (tertiary/aromatic N) is 3. The Morgan fingerprint density at radius 2 is 2.00 bits per heavy atom. The molecule has 162 valence electrons. The van der Waals surface area contributed by atoms with Gasteiger partial charge < -0.3 is 9.47 Å². The number of hydrogen-bond donors (Lipinski definition) is 1. The van der Waals surface area contributed by atoms with Crippen LogP contribution >= 0.6 is 11.3 Å². The molecule has 0 radical (unpaired) electrons. The van der Waals surface area contributed by atoms with Gasteiger partial charge in [-0.15, -0.1) is 11.3 Å². The minimum Gasteiger partial charge on any atom is -0.339 e. The van der Waals surface area contributed by atoms with Crippen LogP contribution in [0.15, 0.2) is 49.1 Å². The highest BCUT2D eigenvalue weighted by Crippen LogP contribution is 2.32. The zero-order valence-corrected chi connectivity index (χ0v) is 17.6. The first-order valence-corrected chi connectivity index (χ1v) is 10.9. The van der Waals surface area contributed by atoms with Crippen LogP contribution in [0.4, 0.5) is 14.7 Å². The standard InChI is InChI=1S/C22H22F2N4O2S/c1-2-19(29)27-12-5-6-14(11-13-27)28-16-8-4-3-7-15(16)25-22(28)26-21(30)18-10-9-17(31-18)20(23)24/h2-4,7-10,14,20H,1,5-6,11-13H2,(H,25,26,30)/t14-/m1/s1. The normalized spacial score (nSPS) is 17.0. The first-order chi connectivity index (χ1) is 15.0. The smallest absolute Gasteiger partial charge is 0.272 e. The van der Waals surface area contributed by atoms with Crippen molar-refractivity contribution in [2.24, 2.45) is 0 Å². The van der Waals surface area contributed by atoms with Crippen LogP contribution in [0.5, 0.6) is 0 Å². The van der Waals surface area contributed by atoms with Crippen molar-refractivity contribution >= 4 is 40.1 Å². The van der Waals surface area contributed by atoms with Crippen molar-refractivity contribution in [3.63, 3.8) is 0 Å². The Hall–Kier alpha value is -3.07. The molecule has 2 amide bonds. The van der Waals surface area contributed by atoms with Gasteiger partial charge in [-0.3, -0.25) is 14.9 Å². The highest BCUT2D eigenvalue weighted by atomic mass is 32.1. The number of carbonyl (C=O) groups excluding carboxylic acids is 2. The minimum absolute atomic E-state index is 0.0327. The molecule has 1 aliphatic heterocycles. The van der Waals surface area contributed by atoms with E-state index in [1.54, 1.807) is 4.90 Å². The van der Waals surface area contributed by atoms with Crippen molar-refractivity contribution in [1.29, 1.82) is 0 Å². The number of amides is 2. The summed E-state index contributed by atoms with van der Waals surface area (Å²) >= 11 is 0.773. The third kappa shape index (κ3) is 4.36. The second kappa shape index (κ2) is 8.97. The van der Waals surface area contributed by atoms with Crippen LogP contribution < -0.4 is 5.32 Å². The van der Waals surface area contributed by atoms with E-state index >= 15 is 0 Å². The first-order valence-electron chi connectivity index (χ1n) is 10.1. The summed E-state index contributed by atoms with van der Waals surface area (Å²) in [5, 5.41) is 2.81. The third-order valence-corrected chi connectivity index (χ3v) is 6.53. The Bertz CT molecular complexity index is 1120. The van der Waals surface area contributed by atoms with E-state index in [1.807, 2.05) is 28.8 Å². The monoisotopic (exact) mass is 444 g/mol. The Labute approximate surface area is 182 Å². The number of halogens is 2. The molecule has 0 spiro atoms. The topological polar surface area (TPSA) is 67.2 Å². The maximum Gasteiger partial charge on any atom is 0.272 e. The SMILES string of the molecule is C=CC(=O)N1CCC[C@@H](n2c(NC(=O)c3ccc(C(F)F)s3)nc3ccccc32)CC1. The van der Waals surface area contributed by atoms with Crippen LogP contribution in [-0.4, -0.2) is 39.4 Å². The number of para-hydroxylation sites is 2. The van der Waals surface area contributed by atoms with Crippen molar-refractivity contribution in [3.8, 4) is 0 Å². The second-order valence-corrected chi connectivity index (χ2v) is 8.48. The Morgan fingerprint density at radius 3 is 2.74 bits per heavy atom. The quantitative estimate of drug-likeness (QED) is 0.562. The van der Waals surface area contributed by atoms with Gasteiger partial charge in [0.15, 0.2) is 0 Å². The Morgan fingerprint density at radius 1 is 1.19 bits per heavy atom. The van der Waals surface area contributed by atoms with Crippen molar-refractivity contribution in [3.05, 3.63) is 58.8 Å². The van der Waals surface area contributed by atoms with Gasteiger partial charge in [-0.25, -0.2) is 13.8 Å². The summed E-state index contributed by atoms with van der Waals surface area (Å²) in [6.45, 7) is 4.80. The van der Waals surface area contributed by atoms with E-state index in [0.29, 0.717) is 25.5 Å². The van der Waals surface area contributed by atoms with Crippen molar-refractivity contribution in [2.45, 2.75) is 31.7 Å². The second-order valence-electron chi connectivity index (χ2n) is 7.37. The molecule has 0 saturated carbocycles. The summed E-state index contributed by atoms with van der Waals surface area (Å²) in [5.74, 6) is -0.172. The highest BCUT2D eigenvalue weighted by Gasteiger charge is 2.25. The van der Waals surface area contributed by atoms with Gasteiger partial charge >= 0.3 is 0 Å². The zero-order chi connectivity index (χ0) is 22.0. The highest BCUT2D eigenvalue weighted by molar-refractivity contribution is 7.14. The van der Waals surface area contributed by atoms with Gasteiger partial charge in [0.25, 0.3) is 12.3 Å². The Balaban J connectivity index is 1.63. The molecule has 3 heterocycles. The van der Waals surface area contributed by atoms with Crippen molar-refractivity contribution < 1.29 is 18.4 Å². The fourth-order valence-corrected chi connectivity index (χ4v) is 4.70. The van der Waals surface area contributed by atoms with E-state index in [-0.39, 0.29) is 21.7 Å². The number of thiophene rings is 1. The summed E-state index contributed by atoms with van der Waals surface area (Å²) in [6.07, 6.45) is 1.05. The number of carbonyl (C=O) groups is 2. The number of hydrogen-bond acceptors (Lipinski definition) is 4. The molecule has 6 nitrogen and oxygen atoms in total. The van der Waals surface area contributed by atoms with E-state index in [4.69, 9.17) is 0 Å². The van der Waals surface area contributed by atoms with Gasteiger partial charge in [0.05, 0.1) is 20.8 Å². The van der Waals surface area contributed by atoms with E-state index in [1.165, 1.54) is 18.2 Å². The van der Waals surface area contributed by atoms with Gasteiger partial charge in [0.2, 0.25) is 11.9 Å². The molecule has 1 aromatic carbocycles. The van der Waals surface area contributed by atoms with Gasteiger partial charge in [-0.05, 0) is 49.6 Å². The molecule has 1 aliphatic rings. The molecule has 0 unspecified atom stereocenters. The molecular weight excluding hydrogens is 422 g/mol. The first kappa shape index (κ1) is 21.2. The van der Waals surface area contributed by atoms with E-state index in [2.05, 4.69) is 16.9 Å². The van der Waals surface area contributed by atoms with Crippen LogP contribution in [0.1, 0.15) is 46.3 Å². The maximum atomic E-state index is 12.9. The lowest BCUT2D eigenvalue weighted by atomic mass is 10.1. The number of benzene rings is 1. The van der Waals surface area contributed by atoms with Crippen molar-refractivity contribution in [1.82, 2.24) is 14.5 Å². The Kier molecular flexibility index (Phi) is 6.13. The van der Waals surface area contributed by atoms with E-state index < -0.39 is 12.3 Å². The van der Waals surface area contributed by atoms with Crippen molar-refractivity contribution in [2.75, 3.05) is 18.4 Å². The largest absolute Gasteiger partial charge is 0.339 e. The summed E-state index contributed by atoms with van der Waals surface area (Å²) in [7, 11) is 0. The van der Waals surface area contributed by atoms with E-state index in [9.17, 15) is 18.4 Å². The molecule has 2 aromatic heterocycles. The number of imidazole rings is 1. The lowest BCUT2D eigenvalue weighted by Gasteiger charge is -2.21. The summed E-state index contributed by atoms with van der Waals surface area (Å²) in [5.41, 5.74) is 1.62. The predicted octanol–water partition coefficient (Wildman–Crippen LogP) is 5.03. The third-order valence-electron chi connectivity index (χ3n) is 5.44. The van der Waals surface area contributed by atoms with Crippen LogP contribution in [0.3, 0.4) is 0 Å². The molecule has 31 heavy (non-hydrogen) atoms. The molecule has 9 heteroatoms. The fraction of sp³-hybridized carbons (Fsp3) is 0.318. The lowest BCUT2D eigenvalue weighted by molar-refractivity contribution is -0.125. The number of likely N-dealkylation sites (tertiary alicyclic amines) is 1. The predicted molar refractivity (Wildman–Crippen MR) is 117 cm³/mol. The fourth-order valence-electron chi connectivity index (χ4n) is 3.94. The molecule has 3 aromatic rings. The van der Waals surface area contributed by atoms with E-state index in [0.717, 1.165) is 35.2 Å². The molecule has 1 saturated heterocycles.